The summed E-state index contributed by atoms with van der Waals surface area (Å²) in [6.45, 7) is 4.45. The number of carbonyl (C=O) groups excluding carboxylic acids is 1. The molecule has 0 amide bonds. The van der Waals surface area contributed by atoms with Crippen LogP contribution in [0.15, 0.2) is 16.6 Å². The number of unbranched alkanes of at least 4 members (excludes halogenated alkanes) is 9. The van der Waals surface area contributed by atoms with Crippen LogP contribution in [0.25, 0.3) is 0 Å². The van der Waals surface area contributed by atoms with Gasteiger partial charge in [-0.15, -0.1) is 0 Å². The molecule has 0 saturated carbocycles. The predicted molar refractivity (Wildman–Crippen MR) is 108 cm³/mol. The summed E-state index contributed by atoms with van der Waals surface area (Å²) in [5.74, 6) is 1.30. The Bertz CT molecular complexity index is 514. The van der Waals surface area contributed by atoms with E-state index in [0.717, 1.165) is 10.9 Å². The lowest BCUT2D eigenvalue weighted by Crippen LogP contribution is -2.04. The van der Waals surface area contributed by atoms with Crippen LogP contribution >= 0.6 is 15.9 Å². The van der Waals surface area contributed by atoms with E-state index in [9.17, 15) is 4.79 Å². The highest BCUT2D eigenvalue weighted by atomic mass is 79.9. The van der Waals surface area contributed by atoms with Crippen LogP contribution in [0, 0.1) is 0 Å². The summed E-state index contributed by atoms with van der Waals surface area (Å²) < 4.78 is 11.9. The molecular weight excluding hydrogens is 380 g/mol. The Hall–Kier alpha value is -1.03. The first-order chi connectivity index (χ1) is 12.1. The lowest BCUT2D eigenvalue weighted by atomic mass is 10.1. The molecule has 0 aliphatic rings. The minimum Gasteiger partial charge on any atom is -0.495 e. The smallest absolute Gasteiger partial charge is 0.163 e. The van der Waals surface area contributed by atoms with Gasteiger partial charge in [-0.2, -0.15) is 0 Å². The summed E-state index contributed by atoms with van der Waals surface area (Å²) in [6, 6.07) is 3.56. The van der Waals surface area contributed by atoms with Gasteiger partial charge in [-0.1, -0.05) is 64.7 Å². The van der Waals surface area contributed by atoms with Crippen molar-refractivity contribution in [2.45, 2.75) is 78.1 Å². The Morgan fingerprint density at radius 3 is 2.00 bits per heavy atom. The Kier molecular flexibility index (Phi) is 11.6. The van der Waals surface area contributed by atoms with Crippen molar-refractivity contribution in [1.82, 2.24) is 0 Å². The van der Waals surface area contributed by atoms with E-state index in [2.05, 4.69) is 22.9 Å². The van der Waals surface area contributed by atoms with Gasteiger partial charge in [0, 0.05) is 6.07 Å². The Balaban J connectivity index is 2.24. The quantitative estimate of drug-likeness (QED) is 0.244. The molecule has 0 heterocycles. The standard InChI is InChI=1S/C21H33BrO3/c1-4-5-6-7-8-9-10-11-12-13-14-25-20-16-21(24-3)19(22)15-18(20)17(2)23/h15-16H,4-14H2,1-3H3. The fraction of sp³-hybridized carbons (Fsp3) is 0.667. The molecule has 0 saturated heterocycles. The van der Waals surface area contributed by atoms with Crippen molar-refractivity contribution < 1.29 is 14.3 Å². The van der Waals surface area contributed by atoms with Crippen LogP contribution in [0.4, 0.5) is 0 Å². The third kappa shape index (κ3) is 8.75. The van der Waals surface area contributed by atoms with E-state index in [-0.39, 0.29) is 5.78 Å². The second-order valence-electron chi connectivity index (χ2n) is 6.57. The van der Waals surface area contributed by atoms with Gasteiger partial charge in [0.1, 0.15) is 11.5 Å². The zero-order valence-corrected chi connectivity index (χ0v) is 17.6. The van der Waals surface area contributed by atoms with Crippen LogP contribution in [0.1, 0.15) is 88.4 Å². The van der Waals surface area contributed by atoms with Gasteiger partial charge in [0.05, 0.1) is 23.8 Å². The number of benzene rings is 1. The lowest BCUT2D eigenvalue weighted by Gasteiger charge is -2.13. The number of ether oxygens (including phenoxy) is 2. The van der Waals surface area contributed by atoms with Gasteiger partial charge in [-0.25, -0.2) is 0 Å². The van der Waals surface area contributed by atoms with Gasteiger partial charge in [0.2, 0.25) is 0 Å². The molecule has 0 atom stereocenters. The summed E-state index contributed by atoms with van der Waals surface area (Å²) in [6.07, 6.45) is 13.0. The van der Waals surface area contributed by atoms with Gasteiger partial charge >= 0.3 is 0 Å². The van der Waals surface area contributed by atoms with Crippen LogP contribution in [-0.2, 0) is 0 Å². The van der Waals surface area contributed by atoms with Crippen molar-refractivity contribution in [3.05, 3.63) is 22.2 Å². The van der Waals surface area contributed by atoms with Crippen molar-refractivity contribution in [3.8, 4) is 11.5 Å². The highest BCUT2D eigenvalue weighted by molar-refractivity contribution is 9.10. The van der Waals surface area contributed by atoms with Gasteiger partial charge in [-0.3, -0.25) is 4.79 Å². The molecule has 25 heavy (non-hydrogen) atoms. The average molecular weight is 413 g/mol. The molecule has 3 nitrogen and oxygen atoms in total. The minimum absolute atomic E-state index is 0.00132. The first-order valence-corrected chi connectivity index (χ1v) is 10.4. The highest BCUT2D eigenvalue weighted by Crippen LogP contribution is 2.33. The third-order valence-corrected chi connectivity index (χ3v) is 5.01. The van der Waals surface area contributed by atoms with Crippen molar-refractivity contribution in [3.63, 3.8) is 0 Å². The molecule has 0 bridgehead atoms. The van der Waals surface area contributed by atoms with E-state index >= 15 is 0 Å². The number of rotatable bonds is 14. The molecular formula is C21H33BrO3. The molecule has 1 aromatic carbocycles. The highest BCUT2D eigenvalue weighted by Gasteiger charge is 2.13. The second kappa shape index (κ2) is 13.2. The van der Waals surface area contributed by atoms with Gasteiger partial charge in [0.15, 0.2) is 5.78 Å². The Morgan fingerprint density at radius 1 is 0.920 bits per heavy atom. The number of halogens is 1. The third-order valence-electron chi connectivity index (χ3n) is 4.39. The molecule has 0 fully saturated rings. The number of ketones is 1. The van der Waals surface area contributed by atoms with Gasteiger partial charge < -0.3 is 9.47 Å². The summed E-state index contributed by atoms with van der Waals surface area (Å²) in [7, 11) is 1.61. The Labute approximate surface area is 161 Å². The van der Waals surface area contributed by atoms with E-state index in [0.29, 0.717) is 23.7 Å². The Morgan fingerprint density at radius 2 is 1.48 bits per heavy atom. The minimum atomic E-state index is 0.00132. The van der Waals surface area contributed by atoms with E-state index in [4.69, 9.17) is 9.47 Å². The van der Waals surface area contributed by atoms with Crippen LogP contribution < -0.4 is 9.47 Å². The molecule has 4 heteroatoms. The largest absolute Gasteiger partial charge is 0.495 e. The SMILES string of the molecule is CCCCCCCCCCCCOc1cc(OC)c(Br)cc1C(C)=O. The zero-order chi connectivity index (χ0) is 18.5. The van der Waals surface area contributed by atoms with E-state index in [1.165, 1.54) is 57.8 Å². The second-order valence-corrected chi connectivity index (χ2v) is 7.42. The maximum Gasteiger partial charge on any atom is 0.163 e. The number of methoxy groups -OCH3 is 1. The van der Waals surface area contributed by atoms with Crippen molar-refractivity contribution in [1.29, 1.82) is 0 Å². The lowest BCUT2D eigenvalue weighted by molar-refractivity contribution is 0.101. The summed E-state index contributed by atoms with van der Waals surface area (Å²) in [5, 5.41) is 0. The maximum absolute atomic E-state index is 11.8. The number of hydrogen-bond acceptors (Lipinski definition) is 3. The van der Waals surface area contributed by atoms with E-state index in [1.54, 1.807) is 26.2 Å². The molecule has 1 rings (SSSR count). The van der Waals surface area contributed by atoms with Crippen LogP contribution in [0.2, 0.25) is 0 Å². The average Bonchev–Trinajstić information content (AvgIpc) is 2.60. The molecule has 0 aromatic heterocycles. The molecule has 0 radical (unpaired) electrons. The molecule has 142 valence electrons. The van der Waals surface area contributed by atoms with Crippen molar-refractivity contribution in [2.24, 2.45) is 0 Å². The normalized spacial score (nSPS) is 10.7. The molecule has 0 N–H and O–H groups in total. The first kappa shape index (κ1) is 22.0. The van der Waals surface area contributed by atoms with Crippen molar-refractivity contribution in [2.75, 3.05) is 13.7 Å². The van der Waals surface area contributed by atoms with Crippen molar-refractivity contribution >= 4 is 21.7 Å². The fourth-order valence-corrected chi connectivity index (χ4v) is 3.36. The molecule has 1 aromatic rings. The van der Waals surface area contributed by atoms with E-state index in [1.807, 2.05) is 0 Å². The number of Topliss-reactive ketones (excluding diaryl/α,β-unsaturated/α-hetero) is 1. The van der Waals surface area contributed by atoms with Crippen LogP contribution in [-0.4, -0.2) is 19.5 Å². The molecule has 0 spiro atoms. The monoisotopic (exact) mass is 412 g/mol. The van der Waals surface area contributed by atoms with Gasteiger partial charge in [-0.05, 0) is 35.3 Å². The molecule has 0 aliphatic heterocycles. The van der Waals surface area contributed by atoms with E-state index < -0.39 is 0 Å². The molecule has 0 aliphatic carbocycles. The fourth-order valence-electron chi connectivity index (χ4n) is 2.86. The molecule has 0 unspecified atom stereocenters. The summed E-state index contributed by atoms with van der Waals surface area (Å²) in [5.41, 5.74) is 0.597. The predicted octanol–water partition coefficient (Wildman–Crippen LogP) is 6.96. The number of hydrogen-bond donors (Lipinski definition) is 0. The van der Waals surface area contributed by atoms with Gasteiger partial charge in [0.25, 0.3) is 0 Å². The maximum atomic E-state index is 11.8. The zero-order valence-electron chi connectivity index (χ0n) is 16.0. The van der Waals surface area contributed by atoms with Crippen LogP contribution in [0.5, 0.6) is 11.5 Å². The van der Waals surface area contributed by atoms with Crippen LogP contribution in [0.3, 0.4) is 0 Å². The number of carbonyl (C=O) groups is 1. The summed E-state index contributed by atoms with van der Waals surface area (Å²) >= 11 is 3.41. The summed E-state index contributed by atoms with van der Waals surface area (Å²) in [4.78, 5) is 11.8. The topological polar surface area (TPSA) is 35.5 Å². The first-order valence-electron chi connectivity index (χ1n) is 9.61.